The molecular weight excluding hydrogens is 380 g/mol. The van der Waals surface area contributed by atoms with Crippen molar-refractivity contribution in [1.29, 1.82) is 0 Å². The van der Waals surface area contributed by atoms with Gasteiger partial charge in [-0.1, -0.05) is 45.2 Å². The fraction of sp³-hybridized carbons (Fsp3) is 0.133. The van der Waals surface area contributed by atoms with Crippen molar-refractivity contribution in [2.45, 2.75) is 12.8 Å². The number of amides is 1. The number of rotatable bonds is 4. The quantitative estimate of drug-likeness (QED) is 0.737. The van der Waals surface area contributed by atoms with E-state index >= 15 is 0 Å². The molecule has 2 aromatic rings. The second-order valence-corrected chi connectivity index (χ2v) is 6.17. The molecule has 0 unspecified atom stereocenters. The largest absolute Gasteiger partial charge is 0.324 e. The average Bonchev–Trinajstić information content (AvgIpc) is 2.41. The Hall–Kier alpha value is -1.10. The van der Waals surface area contributed by atoms with E-state index in [1.807, 2.05) is 0 Å². The molecule has 0 aliphatic rings. The van der Waals surface area contributed by atoms with Crippen LogP contribution in [0.15, 0.2) is 40.9 Å². The lowest BCUT2D eigenvalue weighted by Crippen LogP contribution is -2.13. The predicted octanol–water partition coefficient (Wildman–Crippen LogP) is 5.47. The number of carbonyl (C=O) groups excluding carboxylic acids is 1. The molecule has 1 N–H and O–H groups in total. The van der Waals surface area contributed by atoms with Gasteiger partial charge in [0.25, 0.3) is 0 Å². The van der Waals surface area contributed by atoms with E-state index in [9.17, 15) is 9.18 Å². The number of benzene rings is 2. The zero-order chi connectivity index (χ0) is 15.4. The van der Waals surface area contributed by atoms with Gasteiger partial charge in [-0.15, -0.1) is 0 Å². The molecule has 0 spiro atoms. The Bertz CT molecular complexity index is 679. The van der Waals surface area contributed by atoms with Gasteiger partial charge in [0.2, 0.25) is 5.91 Å². The summed E-state index contributed by atoms with van der Waals surface area (Å²) in [5.41, 5.74) is 0.984. The van der Waals surface area contributed by atoms with Crippen molar-refractivity contribution >= 4 is 50.7 Å². The SMILES string of the molecule is O=C(CCc1ccc(Cl)cc1Cl)Nc1ccc(Br)cc1F. The molecule has 2 aromatic carbocycles. The van der Waals surface area contributed by atoms with Crippen molar-refractivity contribution < 1.29 is 9.18 Å². The molecule has 0 fully saturated rings. The van der Waals surface area contributed by atoms with Gasteiger partial charge < -0.3 is 5.32 Å². The molecule has 21 heavy (non-hydrogen) atoms. The summed E-state index contributed by atoms with van der Waals surface area (Å²) < 4.78 is 14.2. The van der Waals surface area contributed by atoms with Crippen LogP contribution in [0.2, 0.25) is 10.0 Å². The lowest BCUT2D eigenvalue weighted by atomic mass is 10.1. The second-order valence-electron chi connectivity index (χ2n) is 4.41. The van der Waals surface area contributed by atoms with E-state index in [0.717, 1.165) is 5.56 Å². The Balaban J connectivity index is 1.96. The highest BCUT2D eigenvalue weighted by Gasteiger charge is 2.09. The Labute approximate surface area is 140 Å². The summed E-state index contributed by atoms with van der Waals surface area (Å²) in [4.78, 5) is 11.8. The molecule has 0 aliphatic heterocycles. The van der Waals surface area contributed by atoms with E-state index in [1.165, 1.54) is 12.1 Å². The van der Waals surface area contributed by atoms with E-state index < -0.39 is 5.82 Å². The Morgan fingerprint density at radius 3 is 2.62 bits per heavy atom. The summed E-state index contributed by atoms with van der Waals surface area (Å²) in [6.45, 7) is 0. The topological polar surface area (TPSA) is 29.1 Å². The highest BCUT2D eigenvalue weighted by Crippen LogP contribution is 2.23. The molecule has 0 aromatic heterocycles. The maximum atomic E-state index is 13.6. The van der Waals surface area contributed by atoms with Crippen LogP contribution < -0.4 is 5.32 Å². The maximum Gasteiger partial charge on any atom is 0.224 e. The van der Waals surface area contributed by atoms with Gasteiger partial charge in [-0.3, -0.25) is 4.79 Å². The maximum absolute atomic E-state index is 13.6. The normalized spacial score (nSPS) is 10.5. The number of hydrogen-bond donors (Lipinski definition) is 1. The Kier molecular flexibility index (Phi) is 5.62. The van der Waals surface area contributed by atoms with Crippen LogP contribution in [-0.2, 0) is 11.2 Å². The summed E-state index contributed by atoms with van der Waals surface area (Å²) in [5.74, 6) is -0.760. The van der Waals surface area contributed by atoms with E-state index in [-0.39, 0.29) is 18.0 Å². The van der Waals surface area contributed by atoms with Crippen molar-refractivity contribution in [3.8, 4) is 0 Å². The summed E-state index contributed by atoms with van der Waals surface area (Å²) in [7, 11) is 0. The standard InChI is InChI=1S/C15H11BrCl2FNO/c16-10-3-5-14(13(19)7-10)20-15(21)6-2-9-1-4-11(17)8-12(9)18/h1,3-5,7-8H,2,6H2,(H,20,21). The van der Waals surface area contributed by atoms with Gasteiger partial charge in [0.05, 0.1) is 5.69 Å². The smallest absolute Gasteiger partial charge is 0.224 e. The summed E-state index contributed by atoms with van der Waals surface area (Å²) >= 11 is 15.0. The molecule has 6 heteroatoms. The zero-order valence-electron chi connectivity index (χ0n) is 10.8. The monoisotopic (exact) mass is 389 g/mol. The fourth-order valence-corrected chi connectivity index (χ4v) is 2.61. The number of hydrogen-bond acceptors (Lipinski definition) is 1. The molecule has 0 saturated carbocycles. The van der Waals surface area contributed by atoms with E-state index in [1.54, 1.807) is 24.3 Å². The van der Waals surface area contributed by atoms with E-state index in [4.69, 9.17) is 23.2 Å². The molecular formula is C15H11BrCl2FNO. The van der Waals surface area contributed by atoms with Crippen molar-refractivity contribution in [1.82, 2.24) is 0 Å². The number of nitrogens with one attached hydrogen (secondary N) is 1. The van der Waals surface area contributed by atoms with Crippen molar-refractivity contribution in [2.75, 3.05) is 5.32 Å². The average molecular weight is 391 g/mol. The Morgan fingerprint density at radius 1 is 1.19 bits per heavy atom. The molecule has 0 bridgehead atoms. The molecule has 0 heterocycles. The number of carbonyl (C=O) groups is 1. The molecule has 0 aliphatic carbocycles. The minimum Gasteiger partial charge on any atom is -0.324 e. The van der Waals surface area contributed by atoms with Crippen LogP contribution in [-0.4, -0.2) is 5.91 Å². The van der Waals surface area contributed by atoms with E-state index in [2.05, 4.69) is 21.2 Å². The van der Waals surface area contributed by atoms with Gasteiger partial charge in [0.15, 0.2) is 0 Å². The zero-order valence-corrected chi connectivity index (χ0v) is 13.9. The lowest BCUT2D eigenvalue weighted by Gasteiger charge is -2.08. The highest BCUT2D eigenvalue weighted by molar-refractivity contribution is 9.10. The van der Waals surface area contributed by atoms with Crippen LogP contribution in [0.25, 0.3) is 0 Å². The molecule has 2 rings (SSSR count). The van der Waals surface area contributed by atoms with Gasteiger partial charge in [0.1, 0.15) is 5.82 Å². The number of anilines is 1. The first-order valence-corrected chi connectivity index (χ1v) is 7.69. The molecule has 2 nitrogen and oxygen atoms in total. The molecule has 0 saturated heterocycles. The van der Waals surface area contributed by atoms with E-state index in [0.29, 0.717) is 20.9 Å². The number of aryl methyl sites for hydroxylation is 1. The summed E-state index contributed by atoms with van der Waals surface area (Å²) in [5, 5.41) is 3.60. The third-order valence-electron chi connectivity index (χ3n) is 2.84. The summed E-state index contributed by atoms with van der Waals surface area (Å²) in [6.07, 6.45) is 0.664. The first kappa shape index (κ1) is 16.3. The van der Waals surface area contributed by atoms with Crippen LogP contribution in [0.1, 0.15) is 12.0 Å². The van der Waals surface area contributed by atoms with Gasteiger partial charge >= 0.3 is 0 Å². The van der Waals surface area contributed by atoms with Crippen molar-refractivity contribution in [3.05, 3.63) is 62.3 Å². The lowest BCUT2D eigenvalue weighted by molar-refractivity contribution is -0.116. The molecule has 110 valence electrons. The predicted molar refractivity (Wildman–Crippen MR) is 87.5 cm³/mol. The minimum atomic E-state index is -0.484. The van der Waals surface area contributed by atoms with Crippen LogP contribution >= 0.6 is 39.1 Å². The minimum absolute atomic E-state index is 0.158. The number of halogens is 4. The molecule has 0 atom stereocenters. The van der Waals surface area contributed by atoms with Gasteiger partial charge in [-0.25, -0.2) is 4.39 Å². The first-order chi connectivity index (χ1) is 9.95. The summed E-state index contributed by atoms with van der Waals surface area (Å²) in [6, 6.07) is 9.59. The molecule has 1 amide bonds. The van der Waals surface area contributed by atoms with Crippen molar-refractivity contribution in [3.63, 3.8) is 0 Å². The van der Waals surface area contributed by atoms with Crippen LogP contribution in [0.3, 0.4) is 0 Å². The van der Waals surface area contributed by atoms with Crippen LogP contribution in [0.4, 0.5) is 10.1 Å². The van der Waals surface area contributed by atoms with Crippen LogP contribution in [0.5, 0.6) is 0 Å². The van der Waals surface area contributed by atoms with Gasteiger partial charge in [-0.05, 0) is 42.3 Å². The Morgan fingerprint density at radius 2 is 1.95 bits per heavy atom. The van der Waals surface area contributed by atoms with Crippen molar-refractivity contribution in [2.24, 2.45) is 0 Å². The second kappa shape index (κ2) is 7.25. The third-order valence-corrected chi connectivity index (χ3v) is 3.92. The molecule has 0 radical (unpaired) electrons. The first-order valence-electron chi connectivity index (χ1n) is 6.14. The van der Waals surface area contributed by atoms with Crippen LogP contribution in [0, 0.1) is 5.82 Å². The van der Waals surface area contributed by atoms with Gasteiger partial charge in [-0.2, -0.15) is 0 Å². The van der Waals surface area contributed by atoms with Gasteiger partial charge in [0, 0.05) is 20.9 Å². The third kappa shape index (κ3) is 4.70. The fourth-order valence-electron chi connectivity index (χ4n) is 1.78. The highest BCUT2D eigenvalue weighted by atomic mass is 79.9.